The molecule has 35 heavy (non-hydrogen) atoms. The lowest BCUT2D eigenvalue weighted by molar-refractivity contribution is -0.118. The van der Waals surface area contributed by atoms with Crippen molar-refractivity contribution >= 4 is 35.2 Å². The van der Waals surface area contributed by atoms with E-state index in [0.717, 1.165) is 5.56 Å². The predicted molar refractivity (Wildman–Crippen MR) is 132 cm³/mol. The van der Waals surface area contributed by atoms with Crippen molar-refractivity contribution in [3.05, 3.63) is 95.1 Å². The SMILES string of the molecule is COC(=O)c1ccc(NC(=O)/C(C#N)=C/c2ccccc2OCC(=O)Nc2ccc(C)cc2)cc1. The molecule has 0 heterocycles. The lowest BCUT2D eigenvalue weighted by Crippen LogP contribution is -2.20. The van der Waals surface area contributed by atoms with Crippen LogP contribution in [0.15, 0.2) is 78.4 Å². The summed E-state index contributed by atoms with van der Waals surface area (Å²) < 4.78 is 10.3. The normalized spacial score (nSPS) is 10.6. The molecule has 0 saturated carbocycles. The Labute approximate surface area is 202 Å². The number of nitrogens with one attached hydrogen (secondary N) is 2. The summed E-state index contributed by atoms with van der Waals surface area (Å²) in [5.41, 5.74) is 2.77. The lowest BCUT2D eigenvalue weighted by atomic mass is 10.1. The minimum absolute atomic E-state index is 0.165. The van der Waals surface area contributed by atoms with Crippen LogP contribution < -0.4 is 15.4 Å². The van der Waals surface area contributed by atoms with Gasteiger partial charge in [0, 0.05) is 16.9 Å². The molecule has 0 aliphatic rings. The third-order valence-corrected chi connectivity index (χ3v) is 4.84. The van der Waals surface area contributed by atoms with E-state index in [0.29, 0.717) is 28.3 Å². The van der Waals surface area contributed by atoms with E-state index in [2.05, 4.69) is 15.4 Å². The molecule has 0 bridgehead atoms. The highest BCUT2D eigenvalue weighted by Gasteiger charge is 2.13. The molecular weight excluding hydrogens is 446 g/mol. The number of para-hydroxylation sites is 1. The molecule has 8 nitrogen and oxygen atoms in total. The average molecular weight is 469 g/mol. The summed E-state index contributed by atoms with van der Waals surface area (Å²) in [6.45, 7) is 1.70. The number of methoxy groups -OCH3 is 1. The number of nitrogens with zero attached hydrogens (tertiary/aromatic N) is 1. The Morgan fingerprint density at radius 2 is 1.54 bits per heavy atom. The van der Waals surface area contributed by atoms with Crippen LogP contribution in [0.1, 0.15) is 21.5 Å². The minimum Gasteiger partial charge on any atom is -0.483 e. The van der Waals surface area contributed by atoms with Crippen LogP contribution >= 0.6 is 0 Å². The zero-order valence-corrected chi connectivity index (χ0v) is 19.2. The van der Waals surface area contributed by atoms with E-state index < -0.39 is 11.9 Å². The number of aryl methyl sites for hydroxylation is 1. The van der Waals surface area contributed by atoms with Crippen molar-refractivity contribution in [1.82, 2.24) is 0 Å². The molecule has 0 atom stereocenters. The van der Waals surface area contributed by atoms with Crippen LogP contribution in [0.5, 0.6) is 5.75 Å². The third-order valence-electron chi connectivity index (χ3n) is 4.84. The van der Waals surface area contributed by atoms with Crippen LogP contribution in [0.4, 0.5) is 11.4 Å². The van der Waals surface area contributed by atoms with Crippen molar-refractivity contribution in [3.8, 4) is 11.8 Å². The van der Waals surface area contributed by atoms with E-state index in [1.807, 2.05) is 25.1 Å². The molecule has 0 fully saturated rings. The van der Waals surface area contributed by atoms with E-state index in [1.165, 1.54) is 37.5 Å². The summed E-state index contributed by atoms with van der Waals surface area (Å²) in [4.78, 5) is 36.4. The maximum Gasteiger partial charge on any atom is 0.337 e. The Morgan fingerprint density at radius 3 is 2.20 bits per heavy atom. The molecule has 2 amide bonds. The van der Waals surface area contributed by atoms with Crippen molar-refractivity contribution in [3.63, 3.8) is 0 Å². The molecule has 8 heteroatoms. The van der Waals surface area contributed by atoms with E-state index in [9.17, 15) is 19.6 Å². The van der Waals surface area contributed by atoms with Crippen molar-refractivity contribution in [2.45, 2.75) is 6.92 Å². The van der Waals surface area contributed by atoms with E-state index in [4.69, 9.17) is 4.74 Å². The molecular formula is C27H23N3O5. The molecule has 0 unspecified atom stereocenters. The summed E-state index contributed by atoms with van der Waals surface area (Å²) in [5.74, 6) is -1.13. The summed E-state index contributed by atoms with van der Waals surface area (Å²) in [7, 11) is 1.28. The van der Waals surface area contributed by atoms with Crippen molar-refractivity contribution < 1.29 is 23.9 Å². The molecule has 0 saturated heterocycles. The molecule has 0 spiro atoms. The predicted octanol–water partition coefficient (Wildman–Crippen LogP) is 4.34. The maximum absolute atomic E-state index is 12.6. The first-order valence-corrected chi connectivity index (χ1v) is 10.6. The molecule has 176 valence electrons. The second-order valence-electron chi connectivity index (χ2n) is 7.43. The van der Waals surface area contributed by atoms with Gasteiger partial charge in [-0.2, -0.15) is 5.26 Å². The lowest BCUT2D eigenvalue weighted by Gasteiger charge is -2.10. The molecule has 3 aromatic rings. The molecule has 0 radical (unpaired) electrons. The highest BCUT2D eigenvalue weighted by molar-refractivity contribution is 6.10. The summed E-state index contributed by atoms with van der Waals surface area (Å²) in [5, 5.41) is 14.9. The largest absolute Gasteiger partial charge is 0.483 e. The van der Waals surface area contributed by atoms with Gasteiger partial charge in [-0.3, -0.25) is 9.59 Å². The molecule has 0 aliphatic heterocycles. The topological polar surface area (TPSA) is 118 Å². The van der Waals surface area contributed by atoms with Gasteiger partial charge in [0.2, 0.25) is 0 Å². The first-order valence-electron chi connectivity index (χ1n) is 10.6. The first-order chi connectivity index (χ1) is 16.9. The fraction of sp³-hybridized carbons (Fsp3) is 0.111. The van der Waals surface area contributed by atoms with Gasteiger partial charge in [0.05, 0.1) is 12.7 Å². The first kappa shape index (κ1) is 24.7. The minimum atomic E-state index is -0.634. The van der Waals surface area contributed by atoms with Gasteiger partial charge in [-0.15, -0.1) is 0 Å². The Bertz CT molecular complexity index is 1290. The summed E-state index contributed by atoms with van der Waals surface area (Å²) >= 11 is 0. The number of ether oxygens (including phenoxy) is 2. The number of hydrogen-bond donors (Lipinski definition) is 2. The molecule has 0 aliphatic carbocycles. The van der Waals surface area contributed by atoms with Gasteiger partial charge < -0.3 is 20.1 Å². The third kappa shape index (κ3) is 7.04. The van der Waals surface area contributed by atoms with Crippen molar-refractivity contribution in [2.75, 3.05) is 24.4 Å². The zero-order chi connectivity index (χ0) is 25.2. The fourth-order valence-electron chi connectivity index (χ4n) is 3.02. The highest BCUT2D eigenvalue weighted by atomic mass is 16.5. The van der Waals surface area contributed by atoms with Gasteiger partial charge in [0.1, 0.15) is 17.4 Å². The second kappa shape index (κ2) is 11.8. The smallest absolute Gasteiger partial charge is 0.337 e. The summed E-state index contributed by atoms with van der Waals surface area (Å²) in [6, 6.07) is 22.1. The Hall–Kier alpha value is -4.90. The number of nitriles is 1. The molecule has 0 aromatic heterocycles. The molecule has 3 aromatic carbocycles. The zero-order valence-electron chi connectivity index (χ0n) is 19.2. The van der Waals surface area contributed by atoms with Gasteiger partial charge in [0.25, 0.3) is 11.8 Å². The number of hydrogen-bond acceptors (Lipinski definition) is 6. The molecule has 3 rings (SSSR count). The van der Waals surface area contributed by atoms with Crippen molar-refractivity contribution in [1.29, 1.82) is 5.26 Å². The standard InChI is InChI=1S/C27H23N3O5/c1-18-7-11-22(12-8-18)29-25(31)17-35-24-6-4-3-5-20(24)15-21(16-28)26(32)30-23-13-9-19(10-14-23)27(33)34-2/h3-15H,17H2,1-2H3,(H,29,31)(H,30,32)/b21-15+. The van der Waals surface area contributed by atoms with Gasteiger partial charge in [-0.1, -0.05) is 35.9 Å². The van der Waals surface area contributed by atoms with Crippen LogP contribution in [0.2, 0.25) is 0 Å². The number of esters is 1. The van der Waals surface area contributed by atoms with Crippen LogP contribution in [-0.4, -0.2) is 31.5 Å². The quantitative estimate of drug-likeness (QED) is 0.288. The van der Waals surface area contributed by atoms with Gasteiger partial charge in [-0.05, 0) is 55.5 Å². The van der Waals surface area contributed by atoms with Crippen LogP contribution in [0.3, 0.4) is 0 Å². The van der Waals surface area contributed by atoms with Crippen LogP contribution in [0, 0.1) is 18.3 Å². The van der Waals surface area contributed by atoms with Crippen LogP contribution in [-0.2, 0) is 14.3 Å². The van der Waals surface area contributed by atoms with E-state index in [1.54, 1.807) is 36.4 Å². The molecule has 2 N–H and O–H groups in total. The number of rotatable bonds is 8. The number of carbonyl (C=O) groups excluding carboxylic acids is 3. The van der Waals surface area contributed by atoms with Crippen LogP contribution in [0.25, 0.3) is 6.08 Å². The van der Waals surface area contributed by atoms with Gasteiger partial charge in [0.15, 0.2) is 6.61 Å². The monoisotopic (exact) mass is 469 g/mol. The number of anilines is 2. The second-order valence-corrected chi connectivity index (χ2v) is 7.43. The number of amides is 2. The van der Waals surface area contributed by atoms with Gasteiger partial charge >= 0.3 is 5.97 Å². The van der Waals surface area contributed by atoms with E-state index >= 15 is 0 Å². The highest BCUT2D eigenvalue weighted by Crippen LogP contribution is 2.22. The maximum atomic E-state index is 12.6. The Balaban J connectivity index is 1.67. The number of benzene rings is 3. The van der Waals surface area contributed by atoms with E-state index in [-0.39, 0.29) is 18.1 Å². The Morgan fingerprint density at radius 1 is 0.914 bits per heavy atom. The summed E-state index contributed by atoms with van der Waals surface area (Å²) in [6.07, 6.45) is 1.38. The van der Waals surface area contributed by atoms with Gasteiger partial charge in [-0.25, -0.2) is 4.79 Å². The fourth-order valence-corrected chi connectivity index (χ4v) is 3.02. The average Bonchev–Trinajstić information content (AvgIpc) is 2.87. The Kier molecular flexibility index (Phi) is 8.35. The van der Waals surface area contributed by atoms with Crippen molar-refractivity contribution in [2.24, 2.45) is 0 Å². The number of carbonyl (C=O) groups is 3.